The minimum atomic E-state index is 0.365. The van der Waals surface area contributed by atoms with Crippen LogP contribution in [0.3, 0.4) is 0 Å². The first-order chi connectivity index (χ1) is 9.38. The van der Waals surface area contributed by atoms with Gasteiger partial charge in [0.2, 0.25) is 11.7 Å². The fourth-order valence-corrected chi connectivity index (χ4v) is 1.66. The summed E-state index contributed by atoms with van der Waals surface area (Å²) < 4.78 is 10.4. The normalized spacial score (nSPS) is 10.4. The van der Waals surface area contributed by atoms with Crippen LogP contribution in [-0.2, 0) is 0 Å². The van der Waals surface area contributed by atoms with E-state index < -0.39 is 0 Å². The van der Waals surface area contributed by atoms with Crippen molar-refractivity contribution in [1.82, 2.24) is 20.1 Å². The van der Waals surface area contributed by atoms with Gasteiger partial charge in [-0.2, -0.15) is 4.98 Å². The van der Waals surface area contributed by atoms with E-state index in [9.17, 15) is 0 Å². The van der Waals surface area contributed by atoms with Gasteiger partial charge in [-0.3, -0.25) is 4.98 Å². The maximum Gasteiger partial charge on any atom is 0.263 e. The fourth-order valence-electron chi connectivity index (χ4n) is 1.66. The Kier molecular flexibility index (Phi) is 2.89. The highest BCUT2D eigenvalue weighted by atomic mass is 16.5. The summed E-state index contributed by atoms with van der Waals surface area (Å²) in [5.41, 5.74) is 1.45. The topological polar surface area (TPSA) is 73.9 Å². The number of methoxy groups -OCH3 is 1. The zero-order chi connectivity index (χ0) is 13.1. The van der Waals surface area contributed by atoms with Crippen LogP contribution in [0.15, 0.2) is 47.4 Å². The molecule has 0 atom stereocenters. The number of hydrogen-bond donors (Lipinski definition) is 0. The molecule has 0 unspecified atom stereocenters. The molecule has 0 N–H and O–H groups in total. The van der Waals surface area contributed by atoms with Gasteiger partial charge in [-0.05, 0) is 24.3 Å². The third-order valence-electron chi connectivity index (χ3n) is 2.54. The van der Waals surface area contributed by atoms with Crippen LogP contribution in [0.1, 0.15) is 0 Å². The smallest absolute Gasteiger partial charge is 0.263 e. The van der Waals surface area contributed by atoms with E-state index in [1.807, 2.05) is 18.2 Å². The third kappa shape index (κ3) is 2.15. The molecule has 6 heteroatoms. The van der Waals surface area contributed by atoms with Crippen molar-refractivity contribution in [2.45, 2.75) is 0 Å². The Hall–Kier alpha value is -2.76. The van der Waals surface area contributed by atoms with E-state index >= 15 is 0 Å². The first kappa shape index (κ1) is 11.3. The summed E-state index contributed by atoms with van der Waals surface area (Å²) in [6, 6.07) is 7.27. The van der Waals surface area contributed by atoms with Crippen LogP contribution in [0.5, 0.6) is 5.88 Å². The number of nitrogens with zero attached hydrogens (tertiary/aromatic N) is 4. The molecule has 0 amide bonds. The molecule has 3 aromatic heterocycles. The molecule has 94 valence electrons. The van der Waals surface area contributed by atoms with Crippen molar-refractivity contribution >= 4 is 0 Å². The van der Waals surface area contributed by atoms with E-state index in [0.29, 0.717) is 23.2 Å². The van der Waals surface area contributed by atoms with Gasteiger partial charge in [0.05, 0.1) is 7.11 Å². The highest BCUT2D eigenvalue weighted by molar-refractivity contribution is 5.62. The van der Waals surface area contributed by atoms with Crippen molar-refractivity contribution in [3.8, 4) is 28.7 Å². The van der Waals surface area contributed by atoms with Crippen molar-refractivity contribution in [2.24, 2.45) is 0 Å². The monoisotopic (exact) mass is 254 g/mol. The molecule has 19 heavy (non-hydrogen) atoms. The van der Waals surface area contributed by atoms with Crippen molar-refractivity contribution in [2.75, 3.05) is 7.11 Å². The summed E-state index contributed by atoms with van der Waals surface area (Å²) >= 11 is 0. The molecule has 6 nitrogen and oxygen atoms in total. The summed E-state index contributed by atoms with van der Waals surface area (Å²) in [5, 5.41) is 3.93. The predicted octanol–water partition coefficient (Wildman–Crippen LogP) is 2.20. The zero-order valence-electron chi connectivity index (χ0n) is 10.1. The Balaban J connectivity index is 2.02. The van der Waals surface area contributed by atoms with Crippen LogP contribution < -0.4 is 4.74 Å². The molecular weight excluding hydrogens is 244 g/mol. The molecule has 0 aromatic carbocycles. The zero-order valence-corrected chi connectivity index (χ0v) is 10.1. The predicted molar refractivity (Wildman–Crippen MR) is 67.3 cm³/mol. The molecule has 0 saturated carbocycles. The second kappa shape index (κ2) is 4.85. The summed E-state index contributed by atoms with van der Waals surface area (Å²) in [5.74, 6) is 1.29. The largest absolute Gasteiger partial charge is 0.480 e. The Bertz CT molecular complexity index is 682. The number of rotatable bonds is 3. The molecule has 3 rings (SSSR count). The SMILES string of the molecule is COc1ncccc1-c1nc(-c2cccnc2)no1. The first-order valence-corrected chi connectivity index (χ1v) is 5.62. The summed E-state index contributed by atoms with van der Waals surface area (Å²) in [4.78, 5) is 12.4. The quantitative estimate of drug-likeness (QED) is 0.713. The van der Waals surface area contributed by atoms with E-state index in [-0.39, 0.29) is 0 Å². The van der Waals surface area contributed by atoms with Crippen molar-refractivity contribution in [3.63, 3.8) is 0 Å². The summed E-state index contributed by atoms with van der Waals surface area (Å²) in [7, 11) is 1.55. The standard InChI is InChI=1S/C13H10N4O2/c1-18-12-10(5-3-7-15-12)13-16-11(17-19-13)9-4-2-6-14-8-9/h2-8H,1H3. The summed E-state index contributed by atoms with van der Waals surface area (Å²) in [6.45, 7) is 0. The Morgan fingerprint density at radius 2 is 2.05 bits per heavy atom. The van der Waals surface area contributed by atoms with Gasteiger partial charge in [-0.15, -0.1) is 0 Å². The molecule has 0 aliphatic rings. The molecule has 0 radical (unpaired) electrons. The van der Waals surface area contributed by atoms with Crippen LogP contribution in [-0.4, -0.2) is 27.2 Å². The lowest BCUT2D eigenvalue weighted by Crippen LogP contribution is -1.90. The summed E-state index contributed by atoms with van der Waals surface area (Å²) in [6.07, 6.45) is 5.00. The Morgan fingerprint density at radius 1 is 1.16 bits per heavy atom. The van der Waals surface area contributed by atoms with Gasteiger partial charge >= 0.3 is 0 Å². The fraction of sp³-hybridized carbons (Fsp3) is 0.0769. The minimum Gasteiger partial charge on any atom is -0.480 e. The minimum absolute atomic E-state index is 0.365. The molecule has 3 heterocycles. The Labute approximate surface area is 109 Å². The van der Waals surface area contributed by atoms with Gasteiger partial charge in [-0.25, -0.2) is 4.98 Å². The van der Waals surface area contributed by atoms with Crippen molar-refractivity contribution in [3.05, 3.63) is 42.9 Å². The van der Waals surface area contributed by atoms with E-state index in [1.54, 1.807) is 31.8 Å². The molecule has 3 aromatic rings. The van der Waals surface area contributed by atoms with Crippen molar-refractivity contribution < 1.29 is 9.26 Å². The average molecular weight is 254 g/mol. The molecule has 0 saturated heterocycles. The van der Waals surface area contributed by atoms with Gasteiger partial charge in [0.25, 0.3) is 5.89 Å². The highest BCUT2D eigenvalue weighted by Crippen LogP contribution is 2.27. The molecule has 0 aliphatic heterocycles. The first-order valence-electron chi connectivity index (χ1n) is 5.62. The van der Waals surface area contributed by atoms with E-state index in [1.165, 1.54) is 0 Å². The average Bonchev–Trinajstić information content (AvgIpc) is 2.98. The lowest BCUT2D eigenvalue weighted by molar-refractivity contribution is 0.392. The van der Waals surface area contributed by atoms with Crippen molar-refractivity contribution in [1.29, 1.82) is 0 Å². The van der Waals surface area contributed by atoms with Gasteiger partial charge < -0.3 is 9.26 Å². The van der Waals surface area contributed by atoms with E-state index in [4.69, 9.17) is 9.26 Å². The molecule has 0 spiro atoms. The number of hydrogen-bond acceptors (Lipinski definition) is 6. The van der Waals surface area contributed by atoms with Gasteiger partial charge in [0.15, 0.2) is 0 Å². The molecular formula is C13H10N4O2. The van der Waals surface area contributed by atoms with Gasteiger partial charge in [0.1, 0.15) is 5.56 Å². The lowest BCUT2D eigenvalue weighted by Gasteiger charge is -2.01. The second-order valence-corrected chi connectivity index (χ2v) is 3.73. The van der Waals surface area contributed by atoms with Crippen LogP contribution >= 0.6 is 0 Å². The molecule has 0 bridgehead atoms. The lowest BCUT2D eigenvalue weighted by atomic mass is 10.2. The van der Waals surface area contributed by atoms with E-state index in [2.05, 4.69) is 20.1 Å². The third-order valence-corrected chi connectivity index (χ3v) is 2.54. The van der Waals surface area contributed by atoms with Crippen LogP contribution in [0.2, 0.25) is 0 Å². The number of aromatic nitrogens is 4. The van der Waals surface area contributed by atoms with Gasteiger partial charge in [0, 0.05) is 24.2 Å². The Morgan fingerprint density at radius 3 is 2.84 bits per heavy atom. The molecule has 0 fully saturated rings. The number of ether oxygens (including phenoxy) is 1. The maximum atomic E-state index is 5.24. The van der Waals surface area contributed by atoms with E-state index in [0.717, 1.165) is 5.56 Å². The highest BCUT2D eigenvalue weighted by Gasteiger charge is 2.15. The van der Waals surface area contributed by atoms with Gasteiger partial charge in [-0.1, -0.05) is 5.16 Å². The maximum absolute atomic E-state index is 5.24. The van der Waals surface area contributed by atoms with Crippen LogP contribution in [0.4, 0.5) is 0 Å². The second-order valence-electron chi connectivity index (χ2n) is 3.73. The number of pyridine rings is 2. The van der Waals surface area contributed by atoms with Crippen LogP contribution in [0.25, 0.3) is 22.8 Å². The molecule has 0 aliphatic carbocycles. The van der Waals surface area contributed by atoms with Crippen LogP contribution in [0, 0.1) is 0 Å².